The first-order chi connectivity index (χ1) is 14.2. The van der Waals surface area contributed by atoms with Gasteiger partial charge in [0.2, 0.25) is 6.79 Å². The molecule has 0 aliphatic carbocycles. The first kappa shape index (κ1) is 24.3. The van der Waals surface area contributed by atoms with E-state index in [0.717, 1.165) is 56.6 Å². The zero-order valence-corrected chi connectivity index (χ0v) is 20.4. The number of nitrogens with one attached hydrogen (secondary N) is 2. The van der Waals surface area contributed by atoms with E-state index in [9.17, 15) is 0 Å². The number of hydrogen-bond acceptors (Lipinski definition) is 4. The van der Waals surface area contributed by atoms with Crippen LogP contribution in [0.4, 0.5) is 0 Å². The molecule has 0 spiro atoms. The Bertz CT molecular complexity index is 825. The lowest BCUT2D eigenvalue weighted by atomic mass is 10.1. The Hall–Kier alpha value is -2.00. The highest BCUT2D eigenvalue weighted by Crippen LogP contribution is 2.32. The third kappa shape index (κ3) is 7.05. The summed E-state index contributed by atoms with van der Waals surface area (Å²) in [6.07, 6.45) is 0.886. The van der Waals surface area contributed by atoms with Gasteiger partial charge in [0, 0.05) is 26.7 Å². The lowest BCUT2D eigenvalue weighted by molar-refractivity contribution is 0.174. The summed E-state index contributed by atoms with van der Waals surface area (Å²) >= 11 is 0. The summed E-state index contributed by atoms with van der Waals surface area (Å²) in [5, 5.41) is 6.78. The molecule has 2 aromatic rings. The molecule has 2 N–H and O–H groups in total. The molecule has 164 valence electrons. The quantitative estimate of drug-likeness (QED) is 0.297. The highest BCUT2D eigenvalue weighted by Gasteiger charge is 2.13. The minimum Gasteiger partial charge on any atom is -0.454 e. The molecule has 0 bridgehead atoms. The first-order valence-electron chi connectivity index (χ1n) is 10.3. The van der Waals surface area contributed by atoms with Crippen LogP contribution in [0, 0.1) is 0 Å². The molecule has 0 saturated carbocycles. The van der Waals surface area contributed by atoms with Gasteiger partial charge in [0.05, 0.1) is 0 Å². The minimum atomic E-state index is 0. The van der Waals surface area contributed by atoms with Gasteiger partial charge in [-0.05, 0) is 48.3 Å². The predicted molar refractivity (Wildman–Crippen MR) is 133 cm³/mol. The van der Waals surface area contributed by atoms with E-state index in [0.29, 0.717) is 6.79 Å². The molecule has 30 heavy (non-hydrogen) atoms. The summed E-state index contributed by atoms with van der Waals surface area (Å²) in [5.41, 5.74) is 3.81. The third-order valence-electron chi connectivity index (χ3n) is 5.12. The third-order valence-corrected chi connectivity index (χ3v) is 5.12. The Labute approximate surface area is 197 Å². The minimum absolute atomic E-state index is 0. The van der Waals surface area contributed by atoms with Crippen LogP contribution in [0.5, 0.6) is 11.5 Å². The maximum Gasteiger partial charge on any atom is 0.231 e. The first-order valence-corrected chi connectivity index (χ1v) is 10.3. The molecule has 0 radical (unpaired) electrons. The molecule has 0 fully saturated rings. The van der Waals surface area contributed by atoms with Gasteiger partial charge in [0.25, 0.3) is 0 Å². The number of ether oxygens (including phenoxy) is 2. The normalized spacial score (nSPS) is 12.6. The van der Waals surface area contributed by atoms with Gasteiger partial charge in [0.1, 0.15) is 0 Å². The van der Waals surface area contributed by atoms with E-state index in [-0.39, 0.29) is 24.0 Å². The second-order valence-corrected chi connectivity index (χ2v) is 7.07. The van der Waals surface area contributed by atoms with E-state index in [4.69, 9.17) is 9.47 Å². The summed E-state index contributed by atoms with van der Waals surface area (Å²) in [4.78, 5) is 6.75. The van der Waals surface area contributed by atoms with Crippen molar-refractivity contribution in [3.05, 3.63) is 59.2 Å². The van der Waals surface area contributed by atoms with Gasteiger partial charge >= 0.3 is 0 Å². The predicted octanol–water partition coefficient (Wildman–Crippen LogP) is 3.78. The van der Waals surface area contributed by atoms with Crippen molar-refractivity contribution in [3.63, 3.8) is 0 Å². The van der Waals surface area contributed by atoms with Crippen molar-refractivity contribution in [2.45, 2.75) is 33.4 Å². The van der Waals surface area contributed by atoms with Crippen LogP contribution in [0.1, 0.15) is 30.5 Å². The average molecular weight is 524 g/mol. The Morgan fingerprint density at radius 2 is 1.73 bits per heavy atom. The van der Waals surface area contributed by atoms with Crippen LogP contribution >= 0.6 is 24.0 Å². The van der Waals surface area contributed by atoms with Crippen molar-refractivity contribution in [1.82, 2.24) is 15.5 Å². The molecule has 1 aliphatic heterocycles. The van der Waals surface area contributed by atoms with E-state index in [1.54, 1.807) is 7.05 Å². The number of benzene rings is 2. The largest absolute Gasteiger partial charge is 0.454 e. The van der Waals surface area contributed by atoms with Crippen LogP contribution < -0.4 is 20.1 Å². The molecule has 7 heteroatoms. The fourth-order valence-electron chi connectivity index (χ4n) is 3.37. The Balaban J connectivity index is 0.00000320. The van der Waals surface area contributed by atoms with E-state index >= 15 is 0 Å². The molecular formula is C23H33IN4O2. The van der Waals surface area contributed by atoms with Gasteiger partial charge in [-0.1, -0.05) is 44.2 Å². The van der Waals surface area contributed by atoms with E-state index < -0.39 is 0 Å². The molecule has 0 amide bonds. The summed E-state index contributed by atoms with van der Waals surface area (Å²) in [6, 6.07) is 14.8. The topological polar surface area (TPSA) is 58.1 Å². The second kappa shape index (κ2) is 12.6. The Morgan fingerprint density at radius 3 is 2.50 bits per heavy atom. The van der Waals surface area contributed by atoms with Crippen molar-refractivity contribution in [3.8, 4) is 11.5 Å². The molecule has 2 aromatic carbocycles. The average Bonchev–Trinajstić information content (AvgIpc) is 3.22. The van der Waals surface area contributed by atoms with E-state index in [1.807, 2.05) is 12.1 Å². The van der Waals surface area contributed by atoms with Gasteiger partial charge < -0.3 is 20.1 Å². The number of hydrogen-bond donors (Lipinski definition) is 2. The number of halogens is 1. The molecule has 1 aliphatic rings. The lowest BCUT2D eigenvalue weighted by Gasteiger charge is -2.18. The zero-order valence-electron chi connectivity index (χ0n) is 18.1. The van der Waals surface area contributed by atoms with Gasteiger partial charge in [0.15, 0.2) is 17.5 Å². The number of guanidine groups is 1. The summed E-state index contributed by atoms with van der Waals surface area (Å²) in [5.74, 6) is 2.46. The van der Waals surface area contributed by atoms with Crippen LogP contribution in [-0.4, -0.2) is 44.3 Å². The number of rotatable bonds is 9. The SMILES string of the molecule is CCN(CC)Cc1cccc(CNC(=NC)NCCc2ccc3c(c2)OCO3)c1.I. The second-order valence-electron chi connectivity index (χ2n) is 7.07. The fraction of sp³-hybridized carbons (Fsp3) is 0.435. The monoisotopic (exact) mass is 524 g/mol. The van der Waals surface area contributed by atoms with Gasteiger partial charge in [-0.2, -0.15) is 0 Å². The molecule has 0 unspecified atom stereocenters. The van der Waals surface area contributed by atoms with Crippen molar-refractivity contribution in [2.24, 2.45) is 4.99 Å². The smallest absolute Gasteiger partial charge is 0.231 e. The molecule has 1 heterocycles. The summed E-state index contributed by atoms with van der Waals surface area (Å²) < 4.78 is 10.8. The molecule has 0 saturated heterocycles. The highest BCUT2D eigenvalue weighted by atomic mass is 127. The zero-order chi connectivity index (χ0) is 20.5. The maximum atomic E-state index is 5.44. The summed E-state index contributed by atoms with van der Waals surface area (Å²) in [7, 11) is 1.80. The van der Waals surface area contributed by atoms with Gasteiger partial charge in [-0.25, -0.2) is 0 Å². The van der Waals surface area contributed by atoms with E-state index in [2.05, 4.69) is 64.7 Å². The molecular weight excluding hydrogens is 491 g/mol. The van der Waals surface area contributed by atoms with Crippen LogP contribution in [0.2, 0.25) is 0 Å². The van der Waals surface area contributed by atoms with Gasteiger partial charge in [-0.3, -0.25) is 9.89 Å². The maximum absolute atomic E-state index is 5.44. The highest BCUT2D eigenvalue weighted by molar-refractivity contribution is 14.0. The lowest BCUT2D eigenvalue weighted by Crippen LogP contribution is -2.37. The van der Waals surface area contributed by atoms with Crippen molar-refractivity contribution >= 4 is 29.9 Å². The van der Waals surface area contributed by atoms with Crippen molar-refractivity contribution < 1.29 is 9.47 Å². The van der Waals surface area contributed by atoms with Crippen LogP contribution in [-0.2, 0) is 19.5 Å². The summed E-state index contributed by atoms with van der Waals surface area (Å²) in [6.45, 7) is 9.38. The van der Waals surface area contributed by atoms with Crippen molar-refractivity contribution in [1.29, 1.82) is 0 Å². The Kier molecular flexibility index (Phi) is 10.2. The number of aliphatic imine (C=N–C) groups is 1. The van der Waals surface area contributed by atoms with E-state index in [1.165, 1.54) is 16.7 Å². The molecule has 3 rings (SSSR count). The molecule has 0 aromatic heterocycles. The van der Waals surface area contributed by atoms with Gasteiger partial charge in [-0.15, -0.1) is 24.0 Å². The Morgan fingerprint density at radius 1 is 0.967 bits per heavy atom. The van der Waals surface area contributed by atoms with Crippen molar-refractivity contribution in [2.75, 3.05) is 33.5 Å². The number of nitrogens with zero attached hydrogens (tertiary/aromatic N) is 2. The van der Waals surface area contributed by atoms with Crippen LogP contribution in [0.15, 0.2) is 47.5 Å². The van der Waals surface area contributed by atoms with Crippen LogP contribution in [0.3, 0.4) is 0 Å². The fourth-order valence-corrected chi connectivity index (χ4v) is 3.37. The van der Waals surface area contributed by atoms with Crippen LogP contribution in [0.25, 0.3) is 0 Å². The molecule has 6 nitrogen and oxygen atoms in total. The molecule has 0 atom stereocenters. The standard InChI is InChI=1S/C23H32N4O2.HI/c1-4-27(5-2)16-20-8-6-7-19(13-20)15-26-23(24-3)25-12-11-18-9-10-21-22(14-18)29-17-28-21;/h6-10,13-14H,4-5,11-12,15-17H2,1-3H3,(H2,24,25,26);1H. The number of fused-ring (bicyclic) bond motifs is 1.